The van der Waals surface area contributed by atoms with Gasteiger partial charge in [0.25, 0.3) is 0 Å². The molecule has 1 heterocycles. The van der Waals surface area contributed by atoms with Gasteiger partial charge >= 0.3 is 0 Å². The SMILES string of the molecule is COc1cnc(NCc2cccc(OC)c2)nc1. The quantitative estimate of drug-likeness (QED) is 0.874. The van der Waals surface area contributed by atoms with Gasteiger partial charge in [0.2, 0.25) is 5.95 Å². The standard InChI is InChI=1S/C13H15N3O2/c1-17-11-5-3-4-10(6-11)7-14-13-15-8-12(18-2)9-16-13/h3-6,8-9H,7H2,1-2H3,(H,14,15,16). The Morgan fingerprint density at radius 2 is 1.78 bits per heavy atom. The van der Waals surface area contributed by atoms with E-state index >= 15 is 0 Å². The summed E-state index contributed by atoms with van der Waals surface area (Å²) in [6.45, 7) is 0.642. The van der Waals surface area contributed by atoms with Gasteiger partial charge < -0.3 is 14.8 Å². The van der Waals surface area contributed by atoms with Crippen LogP contribution >= 0.6 is 0 Å². The van der Waals surface area contributed by atoms with E-state index < -0.39 is 0 Å². The first-order valence-corrected chi connectivity index (χ1v) is 5.54. The van der Waals surface area contributed by atoms with Crippen molar-refractivity contribution in [3.63, 3.8) is 0 Å². The largest absolute Gasteiger partial charge is 0.497 e. The molecule has 0 aliphatic rings. The van der Waals surface area contributed by atoms with E-state index in [2.05, 4.69) is 15.3 Å². The van der Waals surface area contributed by atoms with Gasteiger partial charge in [-0.1, -0.05) is 12.1 Å². The van der Waals surface area contributed by atoms with Crippen LogP contribution < -0.4 is 14.8 Å². The summed E-state index contributed by atoms with van der Waals surface area (Å²) in [4.78, 5) is 8.26. The molecule has 5 heteroatoms. The van der Waals surface area contributed by atoms with Crippen LogP contribution in [0.5, 0.6) is 11.5 Å². The Morgan fingerprint density at radius 3 is 2.44 bits per heavy atom. The maximum Gasteiger partial charge on any atom is 0.223 e. The van der Waals surface area contributed by atoms with Crippen LogP contribution in [-0.2, 0) is 6.54 Å². The number of anilines is 1. The van der Waals surface area contributed by atoms with Gasteiger partial charge in [-0.05, 0) is 17.7 Å². The number of aromatic nitrogens is 2. The maximum atomic E-state index is 5.16. The fraction of sp³-hybridized carbons (Fsp3) is 0.231. The van der Waals surface area contributed by atoms with Crippen molar-refractivity contribution >= 4 is 5.95 Å². The van der Waals surface area contributed by atoms with E-state index in [4.69, 9.17) is 9.47 Å². The predicted molar refractivity (Wildman–Crippen MR) is 68.9 cm³/mol. The third-order valence-electron chi connectivity index (χ3n) is 2.45. The molecule has 1 N–H and O–H groups in total. The number of nitrogens with one attached hydrogen (secondary N) is 1. The number of hydrogen-bond donors (Lipinski definition) is 1. The Hall–Kier alpha value is -2.30. The topological polar surface area (TPSA) is 56.3 Å². The molecule has 2 aromatic rings. The normalized spacial score (nSPS) is 9.89. The Balaban J connectivity index is 1.97. The fourth-order valence-electron chi connectivity index (χ4n) is 1.48. The molecule has 1 aromatic carbocycles. The molecule has 0 unspecified atom stereocenters. The lowest BCUT2D eigenvalue weighted by molar-refractivity contribution is 0.411. The molecule has 0 saturated carbocycles. The van der Waals surface area contributed by atoms with Gasteiger partial charge in [0.15, 0.2) is 5.75 Å². The Labute approximate surface area is 106 Å². The Kier molecular flexibility index (Phi) is 3.96. The fourth-order valence-corrected chi connectivity index (χ4v) is 1.48. The van der Waals surface area contributed by atoms with Crippen molar-refractivity contribution in [1.29, 1.82) is 0 Å². The number of methoxy groups -OCH3 is 2. The van der Waals surface area contributed by atoms with Gasteiger partial charge in [-0.2, -0.15) is 0 Å². The van der Waals surface area contributed by atoms with Crippen molar-refractivity contribution in [2.45, 2.75) is 6.54 Å². The lowest BCUT2D eigenvalue weighted by Gasteiger charge is -2.06. The van der Waals surface area contributed by atoms with Crippen molar-refractivity contribution in [3.8, 4) is 11.5 Å². The molecule has 0 spiro atoms. The second-order valence-corrected chi connectivity index (χ2v) is 3.65. The molecule has 0 aliphatic carbocycles. The van der Waals surface area contributed by atoms with Crippen LogP contribution in [0.2, 0.25) is 0 Å². The number of benzene rings is 1. The smallest absolute Gasteiger partial charge is 0.223 e. The average molecular weight is 245 g/mol. The van der Waals surface area contributed by atoms with Crippen LogP contribution in [0, 0.1) is 0 Å². The van der Waals surface area contributed by atoms with E-state index in [9.17, 15) is 0 Å². The highest BCUT2D eigenvalue weighted by atomic mass is 16.5. The van der Waals surface area contributed by atoms with Gasteiger partial charge in [0.1, 0.15) is 5.75 Å². The van der Waals surface area contributed by atoms with E-state index in [1.807, 2.05) is 24.3 Å². The third-order valence-corrected chi connectivity index (χ3v) is 2.45. The van der Waals surface area contributed by atoms with Crippen LogP contribution in [-0.4, -0.2) is 24.2 Å². The molecule has 0 bridgehead atoms. The molecule has 0 aliphatic heterocycles. The summed E-state index contributed by atoms with van der Waals surface area (Å²) in [7, 11) is 3.24. The molecule has 2 rings (SSSR count). The highest BCUT2D eigenvalue weighted by Crippen LogP contribution is 2.14. The summed E-state index contributed by atoms with van der Waals surface area (Å²) in [5.41, 5.74) is 1.11. The summed E-state index contributed by atoms with van der Waals surface area (Å²) in [6, 6.07) is 7.84. The zero-order valence-electron chi connectivity index (χ0n) is 10.4. The molecule has 0 fully saturated rings. The molecular weight excluding hydrogens is 230 g/mol. The molecule has 0 atom stereocenters. The number of nitrogens with zero attached hydrogens (tertiary/aromatic N) is 2. The highest BCUT2D eigenvalue weighted by molar-refractivity contribution is 5.33. The molecule has 5 nitrogen and oxygen atoms in total. The Morgan fingerprint density at radius 1 is 1.06 bits per heavy atom. The second kappa shape index (κ2) is 5.86. The van der Waals surface area contributed by atoms with E-state index in [1.54, 1.807) is 26.6 Å². The lowest BCUT2D eigenvalue weighted by atomic mass is 10.2. The second-order valence-electron chi connectivity index (χ2n) is 3.65. The molecule has 0 radical (unpaired) electrons. The minimum atomic E-state index is 0.568. The van der Waals surface area contributed by atoms with Crippen molar-refractivity contribution in [2.75, 3.05) is 19.5 Å². The van der Waals surface area contributed by atoms with Crippen molar-refractivity contribution in [1.82, 2.24) is 9.97 Å². The molecular formula is C13H15N3O2. The molecule has 1 aromatic heterocycles. The molecule has 0 amide bonds. The first kappa shape index (κ1) is 12.2. The van der Waals surface area contributed by atoms with Gasteiger partial charge in [0.05, 0.1) is 26.6 Å². The summed E-state index contributed by atoms with van der Waals surface area (Å²) in [5.74, 6) is 2.05. The van der Waals surface area contributed by atoms with E-state index in [1.165, 1.54) is 0 Å². The number of rotatable bonds is 5. The van der Waals surface area contributed by atoms with Crippen molar-refractivity contribution in [3.05, 3.63) is 42.2 Å². The van der Waals surface area contributed by atoms with Crippen LogP contribution in [0.3, 0.4) is 0 Å². The summed E-state index contributed by atoms with van der Waals surface area (Å²) < 4.78 is 10.2. The summed E-state index contributed by atoms with van der Waals surface area (Å²) >= 11 is 0. The first-order chi connectivity index (χ1) is 8.81. The zero-order chi connectivity index (χ0) is 12.8. The van der Waals surface area contributed by atoms with Gasteiger partial charge in [0, 0.05) is 6.54 Å². The van der Waals surface area contributed by atoms with Crippen LogP contribution in [0.25, 0.3) is 0 Å². The average Bonchev–Trinajstić information content (AvgIpc) is 2.46. The Bertz CT molecular complexity index is 500. The summed E-state index contributed by atoms with van der Waals surface area (Å²) in [5, 5.41) is 3.13. The van der Waals surface area contributed by atoms with E-state index in [0.29, 0.717) is 18.2 Å². The molecule has 0 saturated heterocycles. The molecule has 18 heavy (non-hydrogen) atoms. The van der Waals surface area contributed by atoms with Crippen LogP contribution in [0.1, 0.15) is 5.56 Å². The zero-order valence-corrected chi connectivity index (χ0v) is 10.4. The van der Waals surface area contributed by atoms with Crippen LogP contribution in [0.4, 0.5) is 5.95 Å². The van der Waals surface area contributed by atoms with Crippen molar-refractivity contribution < 1.29 is 9.47 Å². The van der Waals surface area contributed by atoms with E-state index in [-0.39, 0.29) is 0 Å². The molecule has 94 valence electrons. The predicted octanol–water partition coefficient (Wildman–Crippen LogP) is 2.11. The maximum absolute atomic E-state index is 5.16. The number of ether oxygens (including phenoxy) is 2. The minimum Gasteiger partial charge on any atom is -0.497 e. The van der Waals surface area contributed by atoms with Gasteiger partial charge in [-0.25, -0.2) is 9.97 Å². The number of hydrogen-bond acceptors (Lipinski definition) is 5. The van der Waals surface area contributed by atoms with Crippen LogP contribution in [0.15, 0.2) is 36.7 Å². The van der Waals surface area contributed by atoms with E-state index in [0.717, 1.165) is 11.3 Å². The first-order valence-electron chi connectivity index (χ1n) is 5.54. The highest BCUT2D eigenvalue weighted by Gasteiger charge is 1.99. The minimum absolute atomic E-state index is 0.568. The monoisotopic (exact) mass is 245 g/mol. The summed E-state index contributed by atoms with van der Waals surface area (Å²) in [6.07, 6.45) is 3.25. The van der Waals surface area contributed by atoms with Crippen molar-refractivity contribution in [2.24, 2.45) is 0 Å². The van der Waals surface area contributed by atoms with Gasteiger partial charge in [-0.3, -0.25) is 0 Å². The lowest BCUT2D eigenvalue weighted by Crippen LogP contribution is -2.03. The van der Waals surface area contributed by atoms with Gasteiger partial charge in [-0.15, -0.1) is 0 Å². The third kappa shape index (κ3) is 3.10.